The second-order valence-corrected chi connectivity index (χ2v) is 3.74. The standard InChI is InChI=1S/C11H13N3O4/c1-7-6-9(13-18-7)10(15)14(5-3-4-12)8(2)11(16)17/h6,8H,3,5H2,1-2H3,(H,16,17). The molecule has 0 radical (unpaired) electrons. The van der Waals surface area contributed by atoms with E-state index in [0.29, 0.717) is 5.76 Å². The van der Waals surface area contributed by atoms with Crippen molar-refractivity contribution in [1.29, 1.82) is 5.26 Å². The minimum absolute atomic E-state index is 0.0364. The Labute approximate surface area is 104 Å². The molecule has 1 rings (SSSR count). The zero-order valence-corrected chi connectivity index (χ0v) is 10.1. The van der Waals surface area contributed by atoms with Crippen LogP contribution in [0, 0.1) is 18.3 Å². The van der Waals surface area contributed by atoms with E-state index in [0.717, 1.165) is 4.90 Å². The molecule has 18 heavy (non-hydrogen) atoms. The van der Waals surface area contributed by atoms with Crippen LogP contribution in [0.5, 0.6) is 0 Å². The number of carboxylic acids is 1. The van der Waals surface area contributed by atoms with Gasteiger partial charge in [0.1, 0.15) is 11.8 Å². The van der Waals surface area contributed by atoms with Crippen molar-refractivity contribution in [2.75, 3.05) is 6.54 Å². The average Bonchev–Trinajstić information content (AvgIpc) is 2.75. The predicted octanol–water partition coefficient (Wildman–Crippen LogP) is 0.812. The number of hydrogen-bond acceptors (Lipinski definition) is 5. The molecule has 0 saturated carbocycles. The first kappa shape index (κ1) is 13.7. The van der Waals surface area contributed by atoms with Crippen molar-refractivity contribution in [1.82, 2.24) is 10.1 Å². The number of carbonyl (C=O) groups excluding carboxylic acids is 1. The molecule has 1 N–H and O–H groups in total. The molecule has 1 atom stereocenters. The molecule has 0 aromatic carbocycles. The normalized spacial score (nSPS) is 11.6. The Morgan fingerprint density at radius 2 is 2.33 bits per heavy atom. The molecule has 7 nitrogen and oxygen atoms in total. The number of aryl methyl sites for hydroxylation is 1. The Bertz CT molecular complexity index is 489. The molecule has 1 heterocycles. The number of rotatable bonds is 5. The van der Waals surface area contributed by atoms with E-state index in [1.165, 1.54) is 13.0 Å². The number of nitrogens with zero attached hydrogens (tertiary/aromatic N) is 3. The van der Waals surface area contributed by atoms with E-state index in [1.807, 2.05) is 6.07 Å². The van der Waals surface area contributed by atoms with Crippen LogP contribution in [0.3, 0.4) is 0 Å². The molecule has 1 aromatic rings. The largest absolute Gasteiger partial charge is 0.480 e. The van der Waals surface area contributed by atoms with Crippen LogP contribution in [0.25, 0.3) is 0 Å². The Hall–Kier alpha value is -2.36. The number of carbonyl (C=O) groups is 2. The summed E-state index contributed by atoms with van der Waals surface area (Å²) >= 11 is 0. The van der Waals surface area contributed by atoms with Crippen molar-refractivity contribution in [3.05, 3.63) is 17.5 Å². The second kappa shape index (κ2) is 5.82. The molecule has 1 aromatic heterocycles. The molecule has 0 fully saturated rings. The molecule has 0 aliphatic heterocycles. The van der Waals surface area contributed by atoms with Crippen LogP contribution >= 0.6 is 0 Å². The lowest BCUT2D eigenvalue weighted by Gasteiger charge is -2.24. The van der Waals surface area contributed by atoms with E-state index < -0.39 is 17.9 Å². The van der Waals surface area contributed by atoms with Crippen molar-refractivity contribution in [2.24, 2.45) is 0 Å². The molecule has 0 saturated heterocycles. The van der Waals surface area contributed by atoms with Crippen molar-refractivity contribution in [3.8, 4) is 6.07 Å². The Morgan fingerprint density at radius 3 is 2.78 bits per heavy atom. The maximum absolute atomic E-state index is 12.0. The lowest BCUT2D eigenvalue weighted by molar-refractivity contribution is -0.141. The van der Waals surface area contributed by atoms with Gasteiger partial charge in [-0.2, -0.15) is 5.26 Å². The van der Waals surface area contributed by atoms with Gasteiger partial charge < -0.3 is 14.5 Å². The number of nitriles is 1. The minimum Gasteiger partial charge on any atom is -0.480 e. The summed E-state index contributed by atoms with van der Waals surface area (Å²) in [5.41, 5.74) is 0.0403. The minimum atomic E-state index is -1.14. The first-order chi connectivity index (χ1) is 8.47. The molecule has 0 bridgehead atoms. The number of hydrogen-bond donors (Lipinski definition) is 1. The molecule has 96 valence electrons. The maximum atomic E-state index is 12.0. The number of carboxylic acid groups (broad SMARTS) is 1. The highest BCUT2D eigenvalue weighted by atomic mass is 16.5. The summed E-state index contributed by atoms with van der Waals surface area (Å²) in [5.74, 6) is -1.24. The molecular weight excluding hydrogens is 238 g/mol. The number of aliphatic carboxylic acids is 1. The summed E-state index contributed by atoms with van der Waals surface area (Å²) in [6.07, 6.45) is 0.0557. The lowest BCUT2D eigenvalue weighted by Crippen LogP contribution is -2.43. The van der Waals surface area contributed by atoms with Gasteiger partial charge in [0.25, 0.3) is 5.91 Å². The fourth-order valence-electron chi connectivity index (χ4n) is 1.39. The van der Waals surface area contributed by atoms with Crippen LogP contribution in [0.15, 0.2) is 10.6 Å². The van der Waals surface area contributed by atoms with Crippen molar-refractivity contribution in [3.63, 3.8) is 0 Å². The zero-order chi connectivity index (χ0) is 13.7. The summed E-state index contributed by atoms with van der Waals surface area (Å²) in [5, 5.41) is 21.0. The van der Waals surface area contributed by atoms with E-state index >= 15 is 0 Å². The van der Waals surface area contributed by atoms with Gasteiger partial charge in [0.2, 0.25) is 0 Å². The molecule has 0 aliphatic rings. The molecule has 0 spiro atoms. The summed E-state index contributed by atoms with van der Waals surface area (Å²) in [7, 11) is 0. The fourth-order valence-corrected chi connectivity index (χ4v) is 1.39. The van der Waals surface area contributed by atoms with Gasteiger partial charge in [0, 0.05) is 12.6 Å². The predicted molar refractivity (Wildman–Crippen MR) is 59.6 cm³/mol. The Balaban J connectivity index is 2.92. The van der Waals surface area contributed by atoms with E-state index in [9.17, 15) is 9.59 Å². The molecule has 7 heteroatoms. The first-order valence-corrected chi connectivity index (χ1v) is 5.31. The summed E-state index contributed by atoms with van der Waals surface area (Å²) < 4.78 is 4.77. The third-order valence-electron chi connectivity index (χ3n) is 2.40. The summed E-state index contributed by atoms with van der Waals surface area (Å²) in [6, 6.07) is 2.27. The maximum Gasteiger partial charge on any atom is 0.326 e. The van der Waals surface area contributed by atoms with Crippen molar-refractivity contribution >= 4 is 11.9 Å². The van der Waals surface area contributed by atoms with Gasteiger partial charge in [-0.25, -0.2) is 4.79 Å². The van der Waals surface area contributed by atoms with Gasteiger partial charge in [0.15, 0.2) is 5.69 Å². The second-order valence-electron chi connectivity index (χ2n) is 3.74. The average molecular weight is 251 g/mol. The topological polar surface area (TPSA) is 107 Å². The molecular formula is C11H13N3O4. The van der Waals surface area contributed by atoms with Crippen LogP contribution in [0.4, 0.5) is 0 Å². The smallest absolute Gasteiger partial charge is 0.326 e. The fraction of sp³-hybridized carbons (Fsp3) is 0.455. The van der Waals surface area contributed by atoms with Crippen molar-refractivity contribution in [2.45, 2.75) is 26.3 Å². The summed E-state index contributed by atoms with van der Waals surface area (Å²) in [6.45, 7) is 3.04. The van der Waals surface area contributed by atoms with Crippen LogP contribution < -0.4 is 0 Å². The van der Waals surface area contributed by atoms with E-state index in [-0.39, 0.29) is 18.7 Å². The highest BCUT2D eigenvalue weighted by Crippen LogP contribution is 2.10. The third-order valence-corrected chi connectivity index (χ3v) is 2.40. The molecule has 0 aliphatic carbocycles. The first-order valence-electron chi connectivity index (χ1n) is 5.31. The van der Waals surface area contributed by atoms with Gasteiger partial charge >= 0.3 is 5.97 Å². The van der Waals surface area contributed by atoms with Crippen LogP contribution in [-0.2, 0) is 4.79 Å². The van der Waals surface area contributed by atoms with Gasteiger partial charge in [-0.05, 0) is 13.8 Å². The highest BCUT2D eigenvalue weighted by molar-refractivity contribution is 5.94. The number of aromatic nitrogens is 1. The Morgan fingerprint density at radius 1 is 1.67 bits per heavy atom. The van der Waals surface area contributed by atoms with Gasteiger partial charge in [0.05, 0.1) is 12.5 Å². The van der Waals surface area contributed by atoms with Crippen LogP contribution in [0.2, 0.25) is 0 Å². The van der Waals surface area contributed by atoms with Gasteiger partial charge in [-0.15, -0.1) is 0 Å². The Kier molecular flexibility index (Phi) is 4.43. The molecule has 1 unspecified atom stereocenters. The monoisotopic (exact) mass is 251 g/mol. The SMILES string of the molecule is Cc1cc(C(=O)N(CCC#N)C(C)C(=O)O)no1. The van der Waals surface area contributed by atoms with Gasteiger partial charge in [-0.3, -0.25) is 4.79 Å². The summed E-state index contributed by atoms with van der Waals surface area (Å²) in [4.78, 5) is 24.1. The van der Waals surface area contributed by atoms with Crippen LogP contribution in [0.1, 0.15) is 29.6 Å². The molecule has 1 amide bonds. The van der Waals surface area contributed by atoms with E-state index in [4.69, 9.17) is 14.9 Å². The van der Waals surface area contributed by atoms with Gasteiger partial charge in [-0.1, -0.05) is 5.16 Å². The quantitative estimate of drug-likeness (QED) is 0.829. The van der Waals surface area contributed by atoms with Crippen LogP contribution in [-0.4, -0.2) is 39.6 Å². The number of amides is 1. The lowest BCUT2D eigenvalue weighted by atomic mass is 10.2. The van der Waals surface area contributed by atoms with Crippen molar-refractivity contribution < 1.29 is 19.2 Å². The highest BCUT2D eigenvalue weighted by Gasteiger charge is 2.27. The van der Waals surface area contributed by atoms with E-state index in [2.05, 4.69) is 5.16 Å². The third kappa shape index (κ3) is 3.07. The zero-order valence-electron chi connectivity index (χ0n) is 10.1. The van der Waals surface area contributed by atoms with E-state index in [1.54, 1.807) is 6.92 Å².